The molecule has 2 rings (SSSR count). The van der Waals surface area contributed by atoms with E-state index in [1.165, 1.54) is 16.8 Å². The smallest absolute Gasteiger partial charge is 0.220 e. The van der Waals surface area contributed by atoms with E-state index >= 15 is 0 Å². The molecule has 4 heteroatoms. The molecule has 0 spiro atoms. The van der Waals surface area contributed by atoms with Crippen molar-refractivity contribution in [2.75, 3.05) is 32.1 Å². The Balaban J connectivity index is 1.54. The molecule has 1 N–H and O–H groups in total. The maximum Gasteiger partial charge on any atom is 0.220 e. The minimum Gasteiger partial charge on any atom is -0.494 e. The van der Waals surface area contributed by atoms with Gasteiger partial charge in [-0.25, -0.2) is 0 Å². The average molecular weight is 354 g/mol. The van der Waals surface area contributed by atoms with Gasteiger partial charge in [0.2, 0.25) is 5.91 Å². The molecular formula is C22H30N2O2. The molecule has 0 unspecified atom stereocenters. The van der Waals surface area contributed by atoms with Crippen molar-refractivity contribution in [3.8, 4) is 5.75 Å². The fourth-order valence-corrected chi connectivity index (χ4v) is 2.63. The Labute approximate surface area is 157 Å². The van der Waals surface area contributed by atoms with Gasteiger partial charge in [-0.2, -0.15) is 0 Å². The van der Waals surface area contributed by atoms with Gasteiger partial charge in [0, 0.05) is 32.7 Å². The van der Waals surface area contributed by atoms with E-state index in [1.807, 2.05) is 45.3 Å². The topological polar surface area (TPSA) is 41.6 Å². The lowest BCUT2D eigenvalue weighted by molar-refractivity contribution is -0.121. The number of benzene rings is 2. The van der Waals surface area contributed by atoms with E-state index < -0.39 is 0 Å². The molecule has 0 aromatic heterocycles. The molecule has 2 aromatic rings. The fourth-order valence-electron chi connectivity index (χ4n) is 2.63. The summed E-state index contributed by atoms with van der Waals surface area (Å²) in [5, 5.41) is 2.99. The number of aryl methyl sites for hydroxylation is 2. The van der Waals surface area contributed by atoms with Crippen LogP contribution in [0.2, 0.25) is 0 Å². The number of carbonyl (C=O) groups excluding carboxylic acids is 1. The number of anilines is 1. The van der Waals surface area contributed by atoms with Crippen LogP contribution in [-0.4, -0.2) is 33.2 Å². The Hall–Kier alpha value is -2.49. The monoisotopic (exact) mass is 354 g/mol. The lowest BCUT2D eigenvalue weighted by Gasteiger charge is -2.12. The summed E-state index contributed by atoms with van der Waals surface area (Å²) >= 11 is 0. The highest BCUT2D eigenvalue weighted by Crippen LogP contribution is 2.13. The summed E-state index contributed by atoms with van der Waals surface area (Å²) < 4.78 is 5.64. The van der Waals surface area contributed by atoms with Crippen molar-refractivity contribution in [3.05, 3.63) is 59.7 Å². The summed E-state index contributed by atoms with van der Waals surface area (Å²) in [4.78, 5) is 13.9. The first-order chi connectivity index (χ1) is 12.5. The third-order valence-corrected chi connectivity index (χ3v) is 4.26. The zero-order chi connectivity index (χ0) is 18.8. The SMILES string of the molecule is Cc1ccc(OCCCC(=O)NCCCc2ccc(N(C)C)cc2)cc1. The Bertz CT molecular complexity index is 664. The first-order valence-electron chi connectivity index (χ1n) is 9.27. The molecule has 0 bridgehead atoms. The van der Waals surface area contributed by atoms with Gasteiger partial charge in [0.1, 0.15) is 5.75 Å². The number of hydrogen-bond donors (Lipinski definition) is 1. The van der Waals surface area contributed by atoms with Crippen LogP contribution in [0.25, 0.3) is 0 Å². The molecule has 0 saturated carbocycles. The standard InChI is InChI=1S/C22H30N2O2/c1-18-8-14-21(15-9-18)26-17-5-7-22(25)23-16-4-6-19-10-12-20(13-11-19)24(2)3/h8-15H,4-7,16-17H2,1-3H3,(H,23,25). The quantitative estimate of drug-likeness (QED) is 0.657. The number of rotatable bonds is 10. The summed E-state index contributed by atoms with van der Waals surface area (Å²) in [5.74, 6) is 0.955. The van der Waals surface area contributed by atoms with Crippen LogP contribution in [-0.2, 0) is 11.2 Å². The van der Waals surface area contributed by atoms with Crippen LogP contribution >= 0.6 is 0 Å². The van der Waals surface area contributed by atoms with Crippen molar-refractivity contribution >= 4 is 11.6 Å². The van der Waals surface area contributed by atoms with Crippen LogP contribution in [0.5, 0.6) is 5.75 Å². The van der Waals surface area contributed by atoms with E-state index in [0.29, 0.717) is 19.6 Å². The third-order valence-electron chi connectivity index (χ3n) is 4.26. The molecule has 0 saturated heterocycles. The van der Waals surface area contributed by atoms with Gasteiger partial charge >= 0.3 is 0 Å². The Morgan fingerprint density at radius 1 is 1.00 bits per heavy atom. The van der Waals surface area contributed by atoms with Crippen molar-refractivity contribution in [1.29, 1.82) is 0 Å². The van der Waals surface area contributed by atoms with E-state index in [1.54, 1.807) is 0 Å². The molecule has 0 radical (unpaired) electrons. The summed E-state index contributed by atoms with van der Waals surface area (Å²) in [7, 11) is 4.08. The number of nitrogens with zero attached hydrogens (tertiary/aromatic N) is 1. The van der Waals surface area contributed by atoms with Gasteiger partial charge in [-0.1, -0.05) is 29.8 Å². The van der Waals surface area contributed by atoms with Crippen molar-refractivity contribution in [2.24, 2.45) is 0 Å². The zero-order valence-corrected chi connectivity index (χ0v) is 16.1. The summed E-state index contributed by atoms with van der Waals surface area (Å²) in [6.45, 7) is 3.33. The highest BCUT2D eigenvalue weighted by molar-refractivity contribution is 5.75. The van der Waals surface area contributed by atoms with Gasteiger partial charge in [-0.3, -0.25) is 4.79 Å². The van der Waals surface area contributed by atoms with Gasteiger partial charge in [-0.15, -0.1) is 0 Å². The van der Waals surface area contributed by atoms with E-state index in [4.69, 9.17) is 4.74 Å². The molecule has 2 aromatic carbocycles. The number of hydrogen-bond acceptors (Lipinski definition) is 3. The second-order valence-electron chi connectivity index (χ2n) is 6.78. The first kappa shape index (κ1) is 19.8. The van der Waals surface area contributed by atoms with Crippen LogP contribution in [0.1, 0.15) is 30.4 Å². The highest BCUT2D eigenvalue weighted by atomic mass is 16.5. The van der Waals surface area contributed by atoms with Crippen molar-refractivity contribution in [2.45, 2.75) is 32.6 Å². The van der Waals surface area contributed by atoms with Gasteiger partial charge < -0.3 is 15.0 Å². The molecule has 4 nitrogen and oxygen atoms in total. The van der Waals surface area contributed by atoms with E-state index in [9.17, 15) is 4.79 Å². The first-order valence-corrected chi connectivity index (χ1v) is 9.27. The van der Waals surface area contributed by atoms with Gasteiger partial charge in [0.05, 0.1) is 6.61 Å². The van der Waals surface area contributed by atoms with Crippen molar-refractivity contribution < 1.29 is 9.53 Å². The van der Waals surface area contributed by atoms with Crippen LogP contribution in [0, 0.1) is 6.92 Å². The second kappa shape index (κ2) is 10.5. The second-order valence-corrected chi connectivity index (χ2v) is 6.78. The molecule has 0 aliphatic heterocycles. The normalized spacial score (nSPS) is 10.4. The Morgan fingerprint density at radius 2 is 1.69 bits per heavy atom. The van der Waals surface area contributed by atoms with Crippen LogP contribution < -0.4 is 15.0 Å². The fraction of sp³-hybridized carbons (Fsp3) is 0.409. The molecule has 0 heterocycles. The third kappa shape index (κ3) is 7.18. The molecule has 0 atom stereocenters. The van der Waals surface area contributed by atoms with Gasteiger partial charge in [0.15, 0.2) is 0 Å². The zero-order valence-electron chi connectivity index (χ0n) is 16.1. The molecule has 0 fully saturated rings. The van der Waals surface area contributed by atoms with E-state index in [-0.39, 0.29) is 5.91 Å². The summed E-state index contributed by atoms with van der Waals surface area (Å²) in [6.07, 6.45) is 3.16. The number of carbonyl (C=O) groups is 1. The minimum atomic E-state index is 0.0976. The lowest BCUT2D eigenvalue weighted by atomic mass is 10.1. The average Bonchev–Trinajstić information content (AvgIpc) is 2.64. The van der Waals surface area contributed by atoms with Crippen molar-refractivity contribution in [3.63, 3.8) is 0 Å². The molecule has 0 aliphatic carbocycles. The van der Waals surface area contributed by atoms with Gasteiger partial charge in [0.25, 0.3) is 0 Å². The maximum atomic E-state index is 11.9. The largest absolute Gasteiger partial charge is 0.494 e. The molecular weight excluding hydrogens is 324 g/mol. The predicted octanol–water partition coefficient (Wildman–Crippen LogP) is 3.97. The summed E-state index contributed by atoms with van der Waals surface area (Å²) in [6, 6.07) is 16.5. The lowest BCUT2D eigenvalue weighted by Crippen LogP contribution is -2.24. The molecule has 26 heavy (non-hydrogen) atoms. The van der Waals surface area contributed by atoms with E-state index in [0.717, 1.165) is 25.0 Å². The highest BCUT2D eigenvalue weighted by Gasteiger charge is 2.02. The van der Waals surface area contributed by atoms with Crippen LogP contribution in [0.3, 0.4) is 0 Å². The molecule has 1 amide bonds. The Morgan fingerprint density at radius 3 is 2.35 bits per heavy atom. The number of nitrogens with one attached hydrogen (secondary N) is 1. The Kier molecular flexibility index (Phi) is 8.00. The maximum absolute atomic E-state index is 11.9. The number of ether oxygens (including phenoxy) is 1. The summed E-state index contributed by atoms with van der Waals surface area (Å²) in [5.41, 5.74) is 3.72. The van der Waals surface area contributed by atoms with E-state index in [2.05, 4.69) is 34.5 Å². The minimum absolute atomic E-state index is 0.0976. The van der Waals surface area contributed by atoms with Crippen LogP contribution in [0.4, 0.5) is 5.69 Å². The van der Waals surface area contributed by atoms with Crippen LogP contribution in [0.15, 0.2) is 48.5 Å². The van der Waals surface area contributed by atoms with Crippen molar-refractivity contribution in [1.82, 2.24) is 5.32 Å². The molecule has 0 aliphatic rings. The predicted molar refractivity (Wildman–Crippen MR) is 108 cm³/mol. The molecule has 140 valence electrons. The number of amides is 1. The van der Waals surface area contributed by atoms with Gasteiger partial charge in [-0.05, 0) is 56.0 Å².